The van der Waals surface area contributed by atoms with Gasteiger partial charge in [0, 0.05) is 39.3 Å². The Kier molecular flexibility index (Phi) is 55.8. The second-order valence-corrected chi connectivity index (χ2v) is 35.0. The summed E-state index contributed by atoms with van der Waals surface area (Å²) in [7, 11) is 0. The van der Waals surface area contributed by atoms with Crippen LogP contribution in [0.5, 0.6) is 0 Å². The van der Waals surface area contributed by atoms with Gasteiger partial charge in [0.2, 0.25) is 0 Å². The third-order valence-corrected chi connectivity index (χ3v) is 18.5. The van der Waals surface area contributed by atoms with Crippen molar-refractivity contribution in [2.24, 2.45) is 71.0 Å². The zero-order chi connectivity index (χ0) is 76.7. The summed E-state index contributed by atoms with van der Waals surface area (Å²) in [5.74, 6) is 9.30. The van der Waals surface area contributed by atoms with Gasteiger partial charge in [0.1, 0.15) is 0 Å². The Morgan fingerprint density at radius 2 is 0.379 bits per heavy atom. The first-order chi connectivity index (χ1) is 49.1. The molecule has 0 aliphatic rings. The fraction of sp³-hybridized carbons (Fsp3) is 0.859. The van der Waals surface area contributed by atoms with Crippen molar-refractivity contribution in [1.82, 2.24) is 90.0 Å². The number of hydrogen-bond donors (Lipinski definition) is 0. The molecule has 0 aliphatic heterocycles. The highest BCUT2D eigenvalue weighted by molar-refractivity contribution is 4.98. The van der Waals surface area contributed by atoms with Crippen molar-refractivity contribution in [3.63, 3.8) is 0 Å². The van der Waals surface area contributed by atoms with Crippen LogP contribution in [0.15, 0.2) is 37.2 Å². The zero-order valence-electron chi connectivity index (χ0n) is 71.6. The lowest BCUT2D eigenvalue weighted by Crippen LogP contribution is -2.07. The summed E-state index contributed by atoms with van der Waals surface area (Å²) in [6.07, 6.45) is 50.1. The van der Waals surface area contributed by atoms with Crippen LogP contribution >= 0.6 is 0 Å². The second kappa shape index (κ2) is 59.9. The summed E-state index contributed by atoms with van der Waals surface area (Å²) < 4.78 is 12.5. The number of aromatic nitrogens is 18. The zero-order valence-corrected chi connectivity index (χ0v) is 71.6. The van der Waals surface area contributed by atoms with E-state index in [1.54, 1.807) is 0 Å². The van der Waals surface area contributed by atoms with Gasteiger partial charge in [0.25, 0.3) is 0 Å². The second-order valence-electron chi connectivity index (χ2n) is 35.0. The van der Waals surface area contributed by atoms with Crippen molar-refractivity contribution in [3.8, 4) is 0 Å². The van der Waals surface area contributed by atoms with E-state index in [4.69, 9.17) is 0 Å². The van der Waals surface area contributed by atoms with Crippen LogP contribution in [-0.4, -0.2) is 90.0 Å². The number of unbranched alkanes of at least 4 members (excludes halogenated alkanes) is 7. The average molecular weight is 1440 g/mol. The molecule has 6 rings (SSSR count). The summed E-state index contributed by atoms with van der Waals surface area (Å²) in [6, 6.07) is 0. The standard InChI is InChI=1S/C15H29N3.5C14H27N3/c1-13(2)8-5-6-10-15-12-16-17-18(15)11-7-9-14(3)4;1-12(2)7-5-9-14-11-15-16-17(14)10-6-8-13(3)4;2*1-12(2)7-5-6-10-17-14(11-15-16-17)9-8-13(3)4;2*1-12(2)8-6-5-7-9-17-14(10-13(3)4)11-15-16-17/h12-14H,5-11H2,1-4H3;5*11-13H,5-10H2,1-4H3. The molecular weight excluding hydrogens is 1270 g/mol. The lowest BCUT2D eigenvalue weighted by atomic mass is 10.0. The molecule has 18 heteroatoms. The summed E-state index contributed by atoms with van der Waals surface area (Å²) in [5, 5.41) is 49.2. The van der Waals surface area contributed by atoms with Gasteiger partial charge in [-0.25, -0.2) is 28.1 Å². The van der Waals surface area contributed by atoms with Gasteiger partial charge in [-0.15, -0.1) is 30.6 Å². The summed E-state index contributed by atoms with van der Waals surface area (Å²) in [6.45, 7) is 60.6. The Morgan fingerprint density at radius 1 is 0.184 bits per heavy atom. The predicted octanol–water partition coefficient (Wildman–Crippen LogP) is 22.5. The molecule has 0 saturated heterocycles. The van der Waals surface area contributed by atoms with Gasteiger partial charge in [-0.2, -0.15) is 0 Å². The molecule has 0 radical (unpaired) electrons. The first-order valence-corrected chi connectivity index (χ1v) is 42.3. The number of aryl methyl sites for hydroxylation is 10. The molecule has 0 atom stereocenters. The molecule has 0 aliphatic carbocycles. The fourth-order valence-electron chi connectivity index (χ4n) is 12.1. The van der Waals surface area contributed by atoms with E-state index in [1.807, 2.05) is 37.2 Å². The highest BCUT2D eigenvalue weighted by atomic mass is 15.4. The van der Waals surface area contributed by atoms with E-state index < -0.39 is 0 Å². The van der Waals surface area contributed by atoms with Gasteiger partial charge >= 0.3 is 0 Å². The van der Waals surface area contributed by atoms with E-state index in [9.17, 15) is 0 Å². The van der Waals surface area contributed by atoms with E-state index in [-0.39, 0.29) is 0 Å². The molecule has 6 aromatic rings. The number of rotatable bonds is 49. The smallest absolute Gasteiger partial charge is 0.0725 e. The average Bonchev–Trinajstić information content (AvgIpc) is 1.82. The SMILES string of the molecule is CC(C)CCCCCn1nncc1CC(C)C.CC(C)CCCCCn1nncc1CC(C)C.CC(C)CCCCc1cnnn1CCCC(C)C.CC(C)CCCCn1nncc1CCC(C)C.CC(C)CCCCn1nncc1CCC(C)C.CC(C)CCCc1cnnn1CCCC(C)C. The highest BCUT2D eigenvalue weighted by Crippen LogP contribution is 2.18. The Morgan fingerprint density at radius 3 is 0.650 bits per heavy atom. The van der Waals surface area contributed by atoms with Crippen LogP contribution in [0.4, 0.5) is 0 Å². The molecule has 594 valence electrons. The molecule has 103 heavy (non-hydrogen) atoms. The molecule has 0 bridgehead atoms. The van der Waals surface area contributed by atoms with E-state index in [2.05, 4.69) is 256 Å². The van der Waals surface area contributed by atoms with Gasteiger partial charge in [0.05, 0.1) is 71.3 Å². The van der Waals surface area contributed by atoms with Crippen molar-refractivity contribution in [1.29, 1.82) is 0 Å². The molecule has 6 aromatic heterocycles. The Balaban J connectivity index is 0.000000618. The van der Waals surface area contributed by atoms with Crippen LogP contribution < -0.4 is 0 Å². The van der Waals surface area contributed by atoms with Crippen LogP contribution in [-0.2, 0) is 77.8 Å². The maximum Gasteiger partial charge on any atom is 0.0725 e. The van der Waals surface area contributed by atoms with Crippen LogP contribution in [0.3, 0.4) is 0 Å². The lowest BCUT2D eigenvalue weighted by molar-refractivity contribution is 0.466. The fourth-order valence-corrected chi connectivity index (χ4v) is 12.1. The first-order valence-electron chi connectivity index (χ1n) is 42.3. The van der Waals surface area contributed by atoms with Crippen molar-refractivity contribution in [3.05, 3.63) is 71.3 Å². The topological polar surface area (TPSA) is 184 Å². The third kappa shape index (κ3) is 53.3. The van der Waals surface area contributed by atoms with E-state index in [1.165, 1.54) is 195 Å². The van der Waals surface area contributed by atoms with Gasteiger partial charge < -0.3 is 0 Å². The van der Waals surface area contributed by atoms with E-state index in [0.29, 0.717) is 11.8 Å². The van der Waals surface area contributed by atoms with Crippen LogP contribution in [0.1, 0.15) is 361 Å². The molecule has 0 fully saturated rings. The van der Waals surface area contributed by atoms with E-state index in [0.717, 1.165) is 137 Å². The Hall–Kier alpha value is -5.16. The molecule has 0 N–H and O–H groups in total. The van der Waals surface area contributed by atoms with Crippen LogP contribution in [0, 0.1) is 71.0 Å². The minimum absolute atomic E-state index is 0.674. The monoisotopic (exact) mass is 1440 g/mol. The largest absolute Gasteiger partial charge is 0.249 e. The van der Waals surface area contributed by atoms with E-state index >= 15 is 0 Å². The summed E-state index contributed by atoms with van der Waals surface area (Å²) in [5.41, 5.74) is 7.76. The molecule has 0 saturated carbocycles. The Bertz CT molecular complexity index is 2640. The molecule has 0 amide bonds. The van der Waals surface area contributed by atoms with Crippen molar-refractivity contribution in [2.45, 2.75) is 404 Å². The molecule has 0 aromatic carbocycles. The van der Waals surface area contributed by atoms with Gasteiger partial charge in [-0.1, -0.05) is 281 Å². The molecule has 0 spiro atoms. The number of nitrogens with zero attached hydrogens (tertiary/aromatic N) is 18. The quantitative estimate of drug-likeness (QED) is 0.0330. The lowest BCUT2D eigenvalue weighted by Gasteiger charge is -2.08. The van der Waals surface area contributed by atoms with Crippen LogP contribution in [0.25, 0.3) is 0 Å². The number of hydrogen-bond acceptors (Lipinski definition) is 12. The van der Waals surface area contributed by atoms with Crippen molar-refractivity contribution in [2.75, 3.05) is 0 Å². The third-order valence-electron chi connectivity index (χ3n) is 18.5. The van der Waals surface area contributed by atoms with Crippen molar-refractivity contribution >= 4 is 0 Å². The first kappa shape index (κ1) is 95.9. The van der Waals surface area contributed by atoms with Crippen LogP contribution in [0.2, 0.25) is 0 Å². The maximum absolute atomic E-state index is 4.19. The minimum atomic E-state index is 0.674. The summed E-state index contributed by atoms with van der Waals surface area (Å²) >= 11 is 0. The van der Waals surface area contributed by atoms with Crippen molar-refractivity contribution < 1.29 is 0 Å². The van der Waals surface area contributed by atoms with Gasteiger partial charge in [-0.05, 0) is 187 Å². The summed E-state index contributed by atoms with van der Waals surface area (Å²) in [4.78, 5) is 0. The molecule has 0 unspecified atom stereocenters. The highest BCUT2D eigenvalue weighted by Gasteiger charge is 2.12. The molecule has 18 nitrogen and oxygen atoms in total. The minimum Gasteiger partial charge on any atom is -0.249 e. The van der Waals surface area contributed by atoms with Gasteiger partial charge in [-0.3, -0.25) is 0 Å². The van der Waals surface area contributed by atoms with Gasteiger partial charge in [0.15, 0.2) is 0 Å². The molecule has 6 heterocycles. The Labute approximate surface area is 633 Å². The molecular formula is C85H164N18. The normalized spacial score (nSPS) is 11.7. The maximum atomic E-state index is 4.19. The predicted molar refractivity (Wildman–Crippen MR) is 436 cm³/mol.